The van der Waals surface area contributed by atoms with E-state index in [9.17, 15) is 0 Å². The second-order valence-corrected chi connectivity index (χ2v) is 10.9. The monoisotopic (exact) mass is 565 g/mol. The summed E-state index contributed by atoms with van der Waals surface area (Å²) < 4.78 is 1.90. The molecule has 0 bridgehead atoms. The first-order chi connectivity index (χ1) is 15.6. The van der Waals surface area contributed by atoms with Crippen molar-refractivity contribution in [1.29, 1.82) is 0 Å². The molecule has 5 rings (SSSR count). The zero-order valence-electron chi connectivity index (χ0n) is 16.9. The van der Waals surface area contributed by atoms with Crippen molar-refractivity contribution in [2.24, 2.45) is 0 Å². The van der Waals surface area contributed by atoms with Crippen molar-refractivity contribution in [3.05, 3.63) is 131 Å². The van der Waals surface area contributed by atoms with Gasteiger partial charge in [0.1, 0.15) is 9.28 Å². The van der Waals surface area contributed by atoms with Crippen LogP contribution in [0, 0.1) is 0 Å². The molecule has 0 spiro atoms. The van der Waals surface area contributed by atoms with Crippen LogP contribution in [0.2, 0.25) is 5.02 Å². The maximum Gasteiger partial charge on any atom is 0.138 e. The highest BCUT2D eigenvalue weighted by atomic mass is 79.9. The Balaban J connectivity index is 2.02. The van der Waals surface area contributed by atoms with E-state index in [0.29, 0.717) is 5.02 Å². The van der Waals surface area contributed by atoms with Gasteiger partial charge in [0.15, 0.2) is 0 Å². The molecule has 0 N–H and O–H groups in total. The summed E-state index contributed by atoms with van der Waals surface area (Å²) in [6.45, 7) is 0. The number of fused-ring (bicyclic) bond motifs is 1. The predicted molar refractivity (Wildman–Crippen MR) is 138 cm³/mol. The fourth-order valence-corrected chi connectivity index (χ4v) is 5.27. The van der Waals surface area contributed by atoms with Crippen molar-refractivity contribution < 1.29 is 0 Å². The quantitative estimate of drug-likeness (QED) is 0.161. The highest BCUT2D eigenvalue weighted by Crippen LogP contribution is 2.45. The van der Waals surface area contributed by atoms with E-state index in [-0.39, 0.29) is 3.74 Å². The van der Waals surface area contributed by atoms with Gasteiger partial charge in [-0.25, -0.2) is 4.68 Å². The molecule has 0 aliphatic heterocycles. The summed E-state index contributed by atoms with van der Waals surface area (Å²) in [6, 6.07) is 31.3. The number of benzene rings is 3. The molecule has 0 atom stereocenters. The van der Waals surface area contributed by atoms with Crippen molar-refractivity contribution in [3.63, 3.8) is 0 Å². The fraction of sp³-hybridized carbons (Fsp3) is 0.0769. The summed E-state index contributed by atoms with van der Waals surface area (Å²) in [5, 5.41) is 6.59. The molecule has 0 saturated carbocycles. The second-order valence-electron chi connectivity index (χ2n) is 7.42. The molecule has 2 aromatic heterocycles. The van der Waals surface area contributed by atoms with Gasteiger partial charge in [-0.3, -0.25) is 4.98 Å². The van der Waals surface area contributed by atoms with Crippen LogP contribution in [0.3, 0.4) is 0 Å². The van der Waals surface area contributed by atoms with Gasteiger partial charge in [-0.15, -0.1) is 0 Å². The Bertz CT molecular complexity index is 1260. The van der Waals surface area contributed by atoms with Crippen LogP contribution in [0.1, 0.15) is 26.1 Å². The maximum atomic E-state index is 6.79. The Morgan fingerprint density at radius 3 is 1.62 bits per heavy atom. The number of alkyl halides is 2. The number of pyridine rings is 1. The van der Waals surface area contributed by atoms with Crippen LogP contribution in [0.5, 0.6) is 0 Å². The first-order valence-electron chi connectivity index (χ1n) is 10.1. The summed E-state index contributed by atoms with van der Waals surface area (Å²) in [5.74, 6) is 0. The van der Waals surface area contributed by atoms with Gasteiger partial charge in [0.25, 0.3) is 0 Å². The van der Waals surface area contributed by atoms with E-state index >= 15 is 0 Å². The molecular formula is C26H18Br2ClN3. The highest BCUT2D eigenvalue weighted by molar-refractivity contribution is 9.24. The predicted octanol–water partition coefficient (Wildman–Crippen LogP) is 7.71. The Kier molecular flexibility index (Phi) is 5.89. The average Bonchev–Trinajstić information content (AvgIpc) is 3.23. The molecule has 6 heteroatoms. The second kappa shape index (κ2) is 8.81. The number of hydrogen-bond donors (Lipinski definition) is 0. The molecule has 0 fully saturated rings. The third kappa shape index (κ3) is 3.40. The van der Waals surface area contributed by atoms with Crippen LogP contribution < -0.4 is 0 Å². The Labute approximate surface area is 208 Å². The van der Waals surface area contributed by atoms with Crippen molar-refractivity contribution in [1.82, 2.24) is 14.8 Å². The standard InChI is InChI=1S/C26H18Br2ClN3/c27-25(28)23-21-16-30-17-22(29)24(21)32(31-23)26(18-10-4-1-5-11-18,19-12-6-2-7-13-19)20-14-8-3-9-15-20/h1-17,25H. The molecule has 3 nitrogen and oxygen atoms in total. The van der Waals surface area contributed by atoms with Crippen LogP contribution in [-0.2, 0) is 5.54 Å². The number of aromatic nitrogens is 3. The lowest BCUT2D eigenvalue weighted by Gasteiger charge is -2.37. The Hall–Kier alpha value is -2.47. The van der Waals surface area contributed by atoms with Gasteiger partial charge in [0.05, 0.1) is 16.2 Å². The molecule has 32 heavy (non-hydrogen) atoms. The van der Waals surface area contributed by atoms with Gasteiger partial charge < -0.3 is 0 Å². The van der Waals surface area contributed by atoms with E-state index < -0.39 is 5.54 Å². The van der Waals surface area contributed by atoms with Crippen LogP contribution in [-0.4, -0.2) is 14.8 Å². The van der Waals surface area contributed by atoms with Gasteiger partial charge in [-0.1, -0.05) is 134 Å². The number of hydrogen-bond acceptors (Lipinski definition) is 2. The summed E-state index contributed by atoms with van der Waals surface area (Å²) in [7, 11) is 0. The third-order valence-electron chi connectivity index (χ3n) is 5.67. The molecular weight excluding hydrogens is 550 g/mol. The maximum absolute atomic E-state index is 6.79. The zero-order valence-corrected chi connectivity index (χ0v) is 20.8. The van der Waals surface area contributed by atoms with Gasteiger partial charge in [-0.2, -0.15) is 5.10 Å². The van der Waals surface area contributed by atoms with Crippen LogP contribution in [0.15, 0.2) is 103 Å². The smallest absolute Gasteiger partial charge is 0.138 e. The average molecular weight is 568 g/mol. The summed E-state index contributed by atoms with van der Waals surface area (Å²) >= 11 is 14.1. The lowest BCUT2D eigenvalue weighted by molar-refractivity contribution is 0.473. The molecule has 5 aromatic rings. The molecule has 2 heterocycles. The fourth-order valence-electron chi connectivity index (χ4n) is 4.35. The number of nitrogens with zero attached hydrogens (tertiary/aromatic N) is 3. The first kappa shape index (κ1) is 21.4. The van der Waals surface area contributed by atoms with E-state index in [1.807, 2.05) is 24.4 Å². The zero-order chi connectivity index (χ0) is 22.1. The van der Waals surface area contributed by atoms with E-state index in [2.05, 4.69) is 114 Å². The Morgan fingerprint density at radius 1 is 0.719 bits per heavy atom. The lowest BCUT2D eigenvalue weighted by atomic mass is 9.77. The van der Waals surface area contributed by atoms with E-state index in [1.165, 1.54) is 0 Å². The molecule has 0 amide bonds. The lowest BCUT2D eigenvalue weighted by Crippen LogP contribution is -2.38. The van der Waals surface area contributed by atoms with Crippen LogP contribution in [0.4, 0.5) is 0 Å². The minimum Gasteiger partial charge on any atom is -0.262 e. The third-order valence-corrected chi connectivity index (χ3v) is 6.81. The summed E-state index contributed by atoms with van der Waals surface area (Å²) in [6.07, 6.45) is 3.50. The topological polar surface area (TPSA) is 30.7 Å². The van der Waals surface area contributed by atoms with Crippen molar-refractivity contribution in [2.75, 3.05) is 0 Å². The van der Waals surface area contributed by atoms with E-state index in [4.69, 9.17) is 16.7 Å². The number of rotatable bonds is 5. The van der Waals surface area contributed by atoms with E-state index in [0.717, 1.165) is 33.3 Å². The van der Waals surface area contributed by atoms with E-state index in [1.54, 1.807) is 6.20 Å². The normalized spacial score (nSPS) is 11.9. The SMILES string of the molecule is Clc1cncc2c(C(Br)Br)nn(C(c3ccccc3)(c3ccccc3)c3ccccc3)c12. The Morgan fingerprint density at radius 2 is 1.19 bits per heavy atom. The molecule has 0 radical (unpaired) electrons. The van der Waals surface area contributed by atoms with Crippen LogP contribution >= 0.6 is 43.5 Å². The van der Waals surface area contributed by atoms with Crippen molar-refractivity contribution in [2.45, 2.75) is 9.28 Å². The largest absolute Gasteiger partial charge is 0.262 e. The van der Waals surface area contributed by atoms with Crippen molar-refractivity contribution >= 4 is 54.4 Å². The minimum atomic E-state index is -0.750. The molecule has 0 aliphatic rings. The molecule has 158 valence electrons. The molecule has 0 unspecified atom stereocenters. The molecule has 0 saturated heterocycles. The van der Waals surface area contributed by atoms with Crippen molar-refractivity contribution in [3.8, 4) is 0 Å². The molecule has 0 aliphatic carbocycles. The summed E-state index contributed by atoms with van der Waals surface area (Å²) in [5.41, 5.74) is 4.16. The van der Waals surface area contributed by atoms with Gasteiger partial charge in [0, 0.05) is 17.8 Å². The molecule has 3 aromatic carbocycles. The number of halogens is 3. The van der Waals surface area contributed by atoms with Crippen LogP contribution in [0.25, 0.3) is 10.9 Å². The summed E-state index contributed by atoms with van der Waals surface area (Å²) in [4.78, 5) is 4.34. The van der Waals surface area contributed by atoms with Gasteiger partial charge >= 0.3 is 0 Å². The minimum absolute atomic E-state index is 0.154. The van der Waals surface area contributed by atoms with Gasteiger partial charge in [-0.05, 0) is 16.7 Å². The first-order valence-corrected chi connectivity index (χ1v) is 12.3. The highest BCUT2D eigenvalue weighted by Gasteiger charge is 2.41. The van der Waals surface area contributed by atoms with Gasteiger partial charge in [0.2, 0.25) is 0 Å².